The molecule has 11 rings (SSSR count). The summed E-state index contributed by atoms with van der Waals surface area (Å²) >= 11 is 0. The molecular formula is C48H34O2. The van der Waals surface area contributed by atoms with E-state index in [9.17, 15) is 0 Å². The van der Waals surface area contributed by atoms with Crippen molar-refractivity contribution in [2.24, 2.45) is 0 Å². The molecule has 4 bridgehead atoms. The lowest BCUT2D eigenvalue weighted by Crippen LogP contribution is -2.21. The van der Waals surface area contributed by atoms with Crippen LogP contribution < -0.4 is 0 Å². The van der Waals surface area contributed by atoms with Gasteiger partial charge >= 0.3 is 0 Å². The van der Waals surface area contributed by atoms with E-state index in [1.54, 1.807) is 0 Å². The second-order valence-electron chi connectivity index (χ2n) is 15.3. The predicted octanol–water partition coefficient (Wildman–Crippen LogP) is 13.4. The van der Waals surface area contributed by atoms with Crippen molar-refractivity contribution >= 4 is 43.9 Å². The minimum atomic E-state index is -0.300. The highest BCUT2D eigenvalue weighted by molar-refractivity contribution is 6.19. The highest BCUT2D eigenvalue weighted by atomic mass is 16.3. The van der Waals surface area contributed by atoms with E-state index < -0.39 is 0 Å². The molecule has 9 aromatic rings. The van der Waals surface area contributed by atoms with E-state index in [1.165, 1.54) is 82.7 Å². The summed E-state index contributed by atoms with van der Waals surface area (Å²) in [5.41, 5.74) is 18.0. The van der Waals surface area contributed by atoms with Gasteiger partial charge in [0.05, 0.1) is 0 Å². The summed E-state index contributed by atoms with van der Waals surface area (Å²) in [4.78, 5) is 0. The van der Waals surface area contributed by atoms with Gasteiger partial charge in [-0.25, -0.2) is 0 Å². The van der Waals surface area contributed by atoms with Crippen molar-refractivity contribution in [3.63, 3.8) is 0 Å². The Hall–Kier alpha value is -5.86. The topological polar surface area (TPSA) is 26.3 Å². The van der Waals surface area contributed by atoms with Gasteiger partial charge in [-0.2, -0.15) is 0 Å². The van der Waals surface area contributed by atoms with Gasteiger partial charge in [0.1, 0.15) is 22.3 Å². The van der Waals surface area contributed by atoms with Gasteiger partial charge in [0.15, 0.2) is 0 Å². The Morgan fingerprint density at radius 1 is 0.340 bits per heavy atom. The van der Waals surface area contributed by atoms with Gasteiger partial charge in [-0.1, -0.05) is 131 Å². The number of fused-ring (bicyclic) bond motifs is 6. The number of benzene rings is 7. The van der Waals surface area contributed by atoms with Crippen molar-refractivity contribution < 1.29 is 8.83 Å². The van der Waals surface area contributed by atoms with E-state index in [0.717, 1.165) is 27.9 Å². The van der Waals surface area contributed by atoms with Crippen LogP contribution in [0.5, 0.6) is 0 Å². The highest BCUT2D eigenvalue weighted by Gasteiger charge is 2.36. The second-order valence-corrected chi connectivity index (χ2v) is 15.3. The number of rotatable bonds is 2. The average molecular weight is 643 g/mol. The quantitative estimate of drug-likeness (QED) is 0.188. The maximum Gasteiger partial charge on any atom is 0.136 e. The third-order valence-corrected chi connectivity index (χ3v) is 11.8. The maximum atomic E-state index is 6.93. The first-order valence-corrected chi connectivity index (χ1v) is 17.6. The summed E-state index contributed by atoms with van der Waals surface area (Å²) in [6.07, 6.45) is 0. The zero-order valence-electron chi connectivity index (χ0n) is 28.5. The molecule has 0 N–H and O–H groups in total. The summed E-state index contributed by atoms with van der Waals surface area (Å²) in [5.74, 6) is 0. The molecule has 0 atom stereocenters. The number of hydrogen-bond acceptors (Lipinski definition) is 2. The molecule has 2 aliphatic rings. The zero-order chi connectivity index (χ0) is 33.5. The molecule has 0 aliphatic heterocycles. The summed E-state index contributed by atoms with van der Waals surface area (Å²) in [7, 11) is 0. The number of furan rings is 2. The van der Waals surface area contributed by atoms with Crippen molar-refractivity contribution in [1.82, 2.24) is 0 Å². The van der Waals surface area contributed by atoms with E-state index in [0.29, 0.717) is 0 Å². The average Bonchev–Trinajstić information content (AvgIpc) is 3.72. The molecule has 0 spiro atoms. The van der Waals surface area contributed by atoms with E-state index in [1.807, 2.05) is 0 Å². The van der Waals surface area contributed by atoms with Crippen LogP contribution in [0.4, 0.5) is 0 Å². The molecule has 0 amide bonds. The molecule has 2 heterocycles. The van der Waals surface area contributed by atoms with Crippen LogP contribution >= 0.6 is 0 Å². The molecule has 2 aliphatic carbocycles. The third-order valence-electron chi connectivity index (χ3n) is 11.8. The molecule has 238 valence electrons. The van der Waals surface area contributed by atoms with Crippen molar-refractivity contribution in [3.05, 3.63) is 156 Å². The van der Waals surface area contributed by atoms with Crippen molar-refractivity contribution in [3.8, 4) is 44.5 Å². The third kappa shape index (κ3) is 3.53. The van der Waals surface area contributed by atoms with Crippen LogP contribution in [0.25, 0.3) is 88.4 Å². The first kappa shape index (κ1) is 28.0. The van der Waals surface area contributed by atoms with Crippen LogP contribution in [0.1, 0.15) is 49.9 Å². The van der Waals surface area contributed by atoms with Crippen LogP contribution in [0.15, 0.2) is 142 Å². The Bertz CT molecular complexity index is 2910. The minimum absolute atomic E-state index is 0.252. The Morgan fingerprint density at radius 2 is 0.860 bits per heavy atom. The fraction of sp³-hybridized carbons (Fsp3) is 0.125. The van der Waals surface area contributed by atoms with Gasteiger partial charge in [0.25, 0.3) is 0 Å². The van der Waals surface area contributed by atoms with Gasteiger partial charge in [0.2, 0.25) is 0 Å². The van der Waals surface area contributed by atoms with Gasteiger partial charge in [-0.05, 0) is 97.1 Å². The Morgan fingerprint density at radius 3 is 1.52 bits per heavy atom. The molecule has 0 radical (unpaired) electrons. The summed E-state index contributed by atoms with van der Waals surface area (Å²) < 4.78 is 13.5. The lowest BCUT2D eigenvalue weighted by Gasteiger charge is -2.32. The zero-order valence-corrected chi connectivity index (χ0v) is 28.5. The number of hydrogen-bond donors (Lipinski definition) is 0. The molecule has 2 nitrogen and oxygen atoms in total. The monoisotopic (exact) mass is 642 g/mol. The largest absolute Gasteiger partial charge is 0.456 e. The van der Waals surface area contributed by atoms with Gasteiger partial charge in [-0.15, -0.1) is 0 Å². The normalized spacial score (nSPS) is 15.1. The standard InChI is InChI=1S/C48H34O2/c1-47(2)32-16-9-14-29(24-32)36-25-30(26-40-42(36)44-39(50-40)21-19-34(45(44)47)27-11-6-5-7-12-27)35-20-22-38-43-41-33(17-10-18-37(41)49-38)28-13-8-15-31(23-28)48(3,4)46(35)43/h5-26H,1-4H3. The Labute approximate surface area is 290 Å². The Kier molecular flexibility index (Phi) is 5.28. The first-order chi connectivity index (χ1) is 24.3. The minimum Gasteiger partial charge on any atom is -0.456 e. The molecule has 0 saturated carbocycles. The Balaban J connectivity index is 1.29. The second kappa shape index (κ2) is 9.43. The van der Waals surface area contributed by atoms with Crippen LogP contribution in [0.2, 0.25) is 0 Å². The molecular weight excluding hydrogens is 609 g/mol. The lowest BCUT2D eigenvalue weighted by molar-refractivity contribution is 0.643. The summed E-state index contributed by atoms with van der Waals surface area (Å²) in [6, 6.07) is 49.0. The maximum absolute atomic E-state index is 6.93. The first-order valence-electron chi connectivity index (χ1n) is 17.6. The van der Waals surface area contributed by atoms with E-state index >= 15 is 0 Å². The van der Waals surface area contributed by atoms with Gasteiger partial charge < -0.3 is 8.83 Å². The van der Waals surface area contributed by atoms with Gasteiger partial charge in [0, 0.05) is 32.4 Å². The molecule has 0 saturated heterocycles. The SMILES string of the molecule is CC1(C)c2cccc(c2)-c2cccc3oc4ccc(-c5cc6c7c(c5)oc5ccc(-c8ccccc8)c(c57)C(C)(C)c5cccc-6c5)c1c4c23. The van der Waals surface area contributed by atoms with Crippen molar-refractivity contribution in [1.29, 1.82) is 0 Å². The molecule has 2 aromatic heterocycles. The lowest BCUT2D eigenvalue weighted by atomic mass is 9.70. The molecule has 0 fully saturated rings. The molecule has 0 unspecified atom stereocenters. The summed E-state index contributed by atoms with van der Waals surface area (Å²) in [5, 5.41) is 4.80. The van der Waals surface area contributed by atoms with Crippen LogP contribution in [0, 0.1) is 0 Å². The predicted molar refractivity (Wildman–Crippen MR) is 207 cm³/mol. The van der Waals surface area contributed by atoms with Crippen molar-refractivity contribution in [2.45, 2.75) is 38.5 Å². The molecule has 2 heteroatoms. The molecule has 50 heavy (non-hydrogen) atoms. The van der Waals surface area contributed by atoms with Crippen LogP contribution in [0.3, 0.4) is 0 Å². The van der Waals surface area contributed by atoms with Gasteiger partial charge in [-0.3, -0.25) is 0 Å². The fourth-order valence-corrected chi connectivity index (χ4v) is 9.36. The van der Waals surface area contributed by atoms with E-state index in [2.05, 4.69) is 161 Å². The highest BCUT2D eigenvalue weighted by Crippen LogP contribution is 2.53. The smallest absolute Gasteiger partial charge is 0.136 e. The van der Waals surface area contributed by atoms with E-state index in [4.69, 9.17) is 8.83 Å². The van der Waals surface area contributed by atoms with Crippen LogP contribution in [-0.2, 0) is 10.8 Å². The molecule has 7 aromatic carbocycles. The fourth-order valence-electron chi connectivity index (χ4n) is 9.36. The summed E-state index contributed by atoms with van der Waals surface area (Å²) in [6.45, 7) is 9.44. The van der Waals surface area contributed by atoms with E-state index in [-0.39, 0.29) is 10.8 Å². The van der Waals surface area contributed by atoms with Crippen molar-refractivity contribution in [2.75, 3.05) is 0 Å². The van der Waals surface area contributed by atoms with Crippen LogP contribution in [-0.4, -0.2) is 0 Å².